The molecule has 110 valence electrons. The van der Waals surface area contributed by atoms with Crippen LogP contribution in [0.2, 0.25) is 0 Å². The molecule has 1 aromatic carbocycles. The van der Waals surface area contributed by atoms with Crippen molar-refractivity contribution in [3.05, 3.63) is 28.2 Å². The third kappa shape index (κ3) is 3.73. The Labute approximate surface area is 128 Å². The van der Waals surface area contributed by atoms with Crippen molar-refractivity contribution < 1.29 is 9.90 Å². The van der Waals surface area contributed by atoms with Gasteiger partial charge < -0.3 is 15.3 Å². The second-order valence-corrected chi connectivity index (χ2v) is 6.37. The number of anilines is 1. The van der Waals surface area contributed by atoms with Gasteiger partial charge in [-0.3, -0.25) is 0 Å². The molecule has 0 radical (unpaired) electrons. The number of aliphatic hydroxyl groups is 1. The van der Waals surface area contributed by atoms with Crippen LogP contribution in [-0.4, -0.2) is 35.2 Å². The molecule has 0 spiro atoms. The highest BCUT2D eigenvalue weighted by atomic mass is 79.9. The molecule has 1 aliphatic rings. The van der Waals surface area contributed by atoms with Crippen LogP contribution in [0.4, 0.5) is 10.5 Å². The van der Waals surface area contributed by atoms with E-state index in [1.165, 1.54) is 0 Å². The third-order valence-electron chi connectivity index (χ3n) is 3.94. The third-order valence-corrected chi connectivity index (χ3v) is 4.43. The van der Waals surface area contributed by atoms with Gasteiger partial charge in [0.25, 0.3) is 0 Å². The number of carbonyl (C=O) groups excluding carboxylic acids is 1. The number of nitrogens with one attached hydrogen (secondary N) is 1. The van der Waals surface area contributed by atoms with Crippen molar-refractivity contribution in [3.8, 4) is 0 Å². The molecule has 4 nitrogen and oxygen atoms in total. The number of aryl methyl sites for hydroxylation is 1. The smallest absolute Gasteiger partial charge is 0.321 e. The normalized spacial score (nSPS) is 17.9. The Balaban J connectivity index is 1.93. The highest BCUT2D eigenvalue weighted by Crippen LogP contribution is 2.23. The maximum atomic E-state index is 12.2. The summed E-state index contributed by atoms with van der Waals surface area (Å²) in [6.07, 6.45) is 1.45. The minimum Gasteiger partial charge on any atom is -0.393 e. The fourth-order valence-electron chi connectivity index (χ4n) is 2.55. The summed E-state index contributed by atoms with van der Waals surface area (Å²) in [6.45, 7) is 5.21. The fourth-order valence-corrected chi connectivity index (χ4v) is 3.02. The number of hydrogen-bond donors (Lipinski definition) is 2. The van der Waals surface area contributed by atoms with Gasteiger partial charge >= 0.3 is 6.03 Å². The number of likely N-dealkylation sites (tertiary alicyclic amines) is 1. The highest BCUT2D eigenvalue weighted by molar-refractivity contribution is 9.10. The van der Waals surface area contributed by atoms with Gasteiger partial charge in [-0.05, 0) is 56.4 Å². The van der Waals surface area contributed by atoms with Crippen LogP contribution in [0.25, 0.3) is 0 Å². The first-order chi connectivity index (χ1) is 9.47. The van der Waals surface area contributed by atoms with Crippen molar-refractivity contribution in [1.29, 1.82) is 0 Å². The number of nitrogens with zero attached hydrogens (tertiary/aromatic N) is 1. The molecule has 0 aliphatic carbocycles. The van der Waals surface area contributed by atoms with Gasteiger partial charge in [0.15, 0.2) is 0 Å². The molecule has 2 N–H and O–H groups in total. The summed E-state index contributed by atoms with van der Waals surface area (Å²) in [6, 6.07) is 5.75. The summed E-state index contributed by atoms with van der Waals surface area (Å²) in [5.74, 6) is 0.313. The predicted molar refractivity (Wildman–Crippen MR) is 83.9 cm³/mol. The summed E-state index contributed by atoms with van der Waals surface area (Å²) in [5.41, 5.74) is 1.88. The van der Waals surface area contributed by atoms with Crippen LogP contribution in [0, 0.1) is 12.8 Å². The first-order valence-electron chi connectivity index (χ1n) is 6.97. The molecule has 0 saturated carbocycles. The molecule has 1 saturated heterocycles. The Kier molecular flexibility index (Phi) is 5.05. The molecule has 1 atom stereocenters. The van der Waals surface area contributed by atoms with Crippen molar-refractivity contribution in [3.63, 3.8) is 0 Å². The van der Waals surface area contributed by atoms with Crippen LogP contribution in [0.3, 0.4) is 0 Å². The molecule has 1 fully saturated rings. The van der Waals surface area contributed by atoms with Crippen LogP contribution in [0.1, 0.15) is 25.3 Å². The van der Waals surface area contributed by atoms with E-state index in [4.69, 9.17) is 0 Å². The largest absolute Gasteiger partial charge is 0.393 e. The number of aliphatic hydroxyl groups excluding tert-OH is 1. The molecule has 1 heterocycles. The molecule has 20 heavy (non-hydrogen) atoms. The molecule has 1 aromatic rings. The van der Waals surface area contributed by atoms with E-state index in [1.807, 2.05) is 36.9 Å². The van der Waals surface area contributed by atoms with Crippen LogP contribution < -0.4 is 5.32 Å². The Hall–Kier alpha value is -1.07. The van der Waals surface area contributed by atoms with E-state index in [2.05, 4.69) is 21.2 Å². The number of rotatable bonds is 2. The van der Waals surface area contributed by atoms with Gasteiger partial charge in [-0.1, -0.05) is 15.9 Å². The first kappa shape index (κ1) is 15.3. The number of benzene rings is 1. The van der Waals surface area contributed by atoms with E-state index in [-0.39, 0.29) is 12.1 Å². The summed E-state index contributed by atoms with van der Waals surface area (Å²) in [4.78, 5) is 14.0. The minimum absolute atomic E-state index is 0.0561. The van der Waals surface area contributed by atoms with Crippen LogP contribution in [-0.2, 0) is 0 Å². The lowest BCUT2D eigenvalue weighted by molar-refractivity contribution is 0.0820. The zero-order valence-electron chi connectivity index (χ0n) is 11.9. The summed E-state index contributed by atoms with van der Waals surface area (Å²) in [7, 11) is 0. The zero-order valence-corrected chi connectivity index (χ0v) is 13.5. The molecular formula is C15H21BrN2O2. The van der Waals surface area contributed by atoms with E-state index in [0.717, 1.165) is 28.6 Å². The number of hydrogen-bond acceptors (Lipinski definition) is 2. The highest BCUT2D eigenvalue weighted by Gasteiger charge is 2.25. The Morgan fingerprint density at radius 1 is 1.45 bits per heavy atom. The van der Waals surface area contributed by atoms with Crippen LogP contribution >= 0.6 is 15.9 Å². The molecular weight excluding hydrogens is 320 g/mol. The quantitative estimate of drug-likeness (QED) is 0.866. The van der Waals surface area contributed by atoms with E-state index in [9.17, 15) is 9.90 Å². The lowest BCUT2D eigenvalue weighted by atomic mass is 9.92. The van der Waals surface area contributed by atoms with E-state index in [0.29, 0.717) is 19.0 Å². The van der Waals surface area contributed by atoms with Crippen molar-refractivity contribution in [2.45, 2.75) is 32.8 Å². The van der Waals surface area contributed by atoms with Crippen LogP contribution in [0.5, 0.6) is 0 Å². The Morgan fingerprint density at radius 2 is 2.10 bits per heavy atom. The second kappa shape index (κ2) is 6.59. The SMILES string of the molecule is Cc1cc(Br)ccc1NC(=O)N1CCC(C(C)O)CC1. The standard InChI is InChI=1S/C15H21BrN2O2/c1-10-9-13(16)3-4-14(10)17-15(20)18-7-5-12(6-8-18)11(2)19/h3-4,9,11-12,19H,5-8H2,1-2H3,(H,17,20). The number of carbonyl (C=O) groups is 1. The maximum Gasteiger partial charge on any atom is 0.321 e. The molecule has 0 aromatic heterocycles. The van der Waals surface area contributed by atoms with Gasteiger partial charge in [0.2, 0.25) is 0 Å². The summed E-state index contributed by atoms with van der Waals surface area (Å²) in [5, 5.41) is 12.5. The van der Waals surface area contributed by atoms with Crippen molar-refractivity contribution in [2.75, 3.05) is 18.4 Å². The zero-order chi connectivity index (χ0) is 14.7. The van der Waals surface area contributed by atoms with Gasteiger partial charge in [-0.15, -0.1) is 0 Å². The van der Waals surface area contributed by atoms with Crippen molar-refractivity contribution >= 4 is 27.6 Å². The predicted octanol–water partition coefficient (Wildman–Crippen LogP) is 3.38. The van der Waals surface area contributed by atoms with Crippen LogP contribution in [0.15, 0.2) is 22.7 Å². The van der Waals surface area contributed by atoms with E-state index >= 15 is 0 Å². The topological polar surface area (TPSA) is 52.6 Å². The van der Waals surface area contributed by atoms with Crippen molar-refractivity contribution in [1.82, 2.24) is 4.90 Å². The lowest BCUT2D eigenvalue weighted by Crippen LogP contribution is -2.42. The van der Waals surface area contributed by atoms with Gasteiger partial charge in [0.05, 0.1) is 6.10 Å². The molecule has 1 aliphatic heterocycles. The minimum atomic E-state index is -0.283. The number of urea groups is 1. The number of amides is 2. The van der Waals surface area contributed by atoms with E-state index < -0.39 is 0 Å². The Bertz CT molecular complexity index is 483. The molecule has 2 rings (SSSR count). The fraction of sp³-hybridized carbons (Fsp3) is 0.533. The van der Waals surface area contributed by atoms with Gasteiger partial charge in [0, 0.05) is 23.2 Å². The van der Waals surface area contributed by atoms with Crippen molar-refractivity contribution in [2.24, 2.45) is 5.92 Å². The van der Waals surface area contributed by atoms with E-state index in [1.54, 1.807) is 0 Å². The summed E-state index contributed by atoms with van der Waals surface area (Å²) < 4.78 is 1.01. The number of halogens is 1. The first-order valence-corrected chi connectivity index (χ1v) is 7.77. The van der Waals surface area contributed by atoms with Gasteiger partial charge in [-0.2, -0.15) is 0 Å². The lowest BCUT2D eigenvalue weighted by Gasteiger charge is -2.33. The average Bonchev–Trinajstić information content (AvgIpc) is 2.42. The Morgan fingerprint density at radius 3 is 2.65 bits per heavy atom. The second-order valence-electron chi connectivity index (χ2n) is 5.45. The van der Waals surface area contributed by atoms with Gasteiger partial charge in [-0.25, -0.2) is 4.79 Å². The molecule has 2 amide bonds. The number of piperidine rings is 1. The molecule has 0 bridgehead atoms. The summed E-state index contributed by atoms with van der Waals surface area (Å²) >= 11 is 3.41. The molecule has 5 heteroatoms. The maximum absolute atomic E-state index is 12.2. The van der Waals surface area contributed by atoms with Gasteiger partial charge in [0.1, 0.15) is 0 Å². The molecule has 1 unspecified atom stereocenters. The average molecular weight is 341 g/mol. The monoisotopic (exact) mass is 340 g/mol.